The molecule has 0 spiro atoms. The smallest absolute Gasteiger partial charge is 0.340 e. The number of pyridine rings is 2. The highest BCUT2D eigenvalue weighted by Gasteiger charge is 2.19. The Hall–Kier alpha value is -2.66. The first-order valence-electron chi connectivity index (χ1n) is 7.76. The molecule has 5 nitrogen and oxygen atoms in total. The molecule has 128 valence electrons. The van der Waals surface area contributed by atoms with Crippen LogP contribution in [0, 0.1) is 13.8 Å². The van der Waals surface area contributed by atoms with Crippen molar-refractivity contribution in [3.05, 3.63) is 74.4 Å². The van der Waals surface area contributed by atoms with Gasteiger partial charge in [0.15, 0.2) is 0 Å². The van der Waals surface area contributed by atoms with Gasteiger partial charge in [0.25, 0.3) is 5.56 Å². The van der Waals surface area contributed by atoms with Crippen LogP contribution in [0.15, 0.2) is 41.3 Å². The fourth-order valence-corrected chi connectivity index (χ4v) is 3.18. The van der Waals surface area contributed by atoms with Crippen LogP contribution in [0.3, 0.4) is 0 Å². The van der Waals surface area contributed by atoms with Crippen LogP contribution in [0.2, 0.25) is 5.02 Å². The zero-order chi connectivity index (χ0) is 18.1. The Balaban J connectivity index is 2.23. The summed E-state index contributed by atoms with van der Waals surface area (Å²) in [5.41, 5.74) is 2.08. The summed E-state index contributed by atoms with van der Waals surface area (Å²) in [5, 5.41) is 1.57. The maximum atomic E-state index is 13.0. The van der Waals surface area contributed by atoms with Gasteiger partial charge in [0.2, 0.25) is 0 Å². The number of ether oxygens (including phenoxy) is 1. The number of benzene rings is 1. The minimum absolute atomic E-state index is 0.215. The number of carbonyl (C=O) groups is 1. The molecular weight excluding hydrogens is 340 g/mol. The second-order valence-corrected chi connectivity index (χ2v) is 6.19. The van der Waals surface area contributed by atoms with E-state index >= 15 is 0 Å². The largest absolute Gasteiger partial charge is 0.465 e. The van der Waals surface area contributed by atoms with E-state index in [0.717, 1.165) is 5.56 Å². The van der Waals surface area contributed by atoms with Crippen molar-refractivity contribution in [2.45, 2.75) is 20.4 Å². The predicted molar refractivity (Wildman–Crippen MR) is 97.4 cm³/mol. The normalized spacial score (nSPS) is 10.9. The average molecular weight is 357 g/mol. The molecule has 0 atom stereocenters. The van der Waals surface area contributed by atoms with Gasteiger partial charge >= 0.3 is 5.97 Å². The Kier molecular flexibility index (Phi) is 4.59. The molecule has 2 aromatic heterocycles. The van der Waals surface area contributed by atoms with Gasteiger partial charge in [-0.2, -0.15) is 0 Å². The Morgan fingerprint density at radius 1 is 1.20 bits per heavy atom. The number of hydrogen-bond acceptors (Lipinski definition) is 4. The Labute approximate surface area is 149 Å². The van der Waals surface area contributed by atoms with Crippen molar-refractivity contribution >= 4 is 28.3 Å². The summed E-state index contributed by atoms with van der Waals surface area (Å²) in [6, 6.07) is 9.13. The van der Waals surface area contributed by atoms with Crippen molar-refractivity contribution in [1.29, 1.82) is 0 Å². The molecule has 0 unspecified atom stereocenters. The zero-order valence-electron chi connectivity index (χ0n) is 14.2. The summed E-state index contributed by atoms with van der Waals surface area (Å²) in [6.45, 7) is 3.83. The van der Waals surface area contributed by atoms with Gasteiger partial charge in [-0.1, -0.05) is 29.8 Å². The molecule has 0 saturated carbocycles. The Morgan fingerprint density at radius 2 is 1.92 bits per heavy atom. The first kappa shape index (κ1) is 17.2. The van der Waals surface area contributed by atoms with Gasteiger partial charge in [0, 0.05) is 16.6 Å². The van der Waals surface area contributed by atoms with E-state index < -0.39 is 5.97 Å². The maximum Gasteiger partial charge on any atom is 0.340 e. The molecule has 0 aliphatic rings. The summed E-state index contributed by atoms with van der Waals surface area (Å²) in [6.07, 6.45) is 1.67. The fraction of sp³-hybridized carbons (Fsp3) is 0.211. The Morgan fingerprint density at radius 3 is 2.60 bits per heavy atom. The molecule has 0 saturated heterocycles. The molecule has 0 N–H and O–H groups in total. The molecular formula is C19H17ClN2O3. The first-order valence-corrected chi connectivity index (χ1v) is 8.14. The second-order valence-electron chi connectivity index (χ2n) is 5.78. The number of aryl methyl sites for hydroxylation is 2. The number of methoxy groups -OCH3 is 1. The molecule has 0 bridgehead atoms. The van der Waals surface area contributed by atoms with E-state index in [1.54, 1.807) is 36.7 Å². The van der Waals surface area contributed by atoms with Crippen molar-refractivity contribution in [2.24, 2.45) is 0 Å². The van der Waals surface area contributed by atoms with Crippen molar-refractivity contribution in [2.75, 3.05) is 7.11 Å². The van der Waals surface area contributed by atoms with Gasteiger partial charge in [-0.25, -0.2) is 4.79 Å². The van der Waals surface area contributed by atoms with E-state index in [1.807, 2.05) is 18.2 Å². The molecule has 0 fully saturated rings. The molecule has 3 rings (SSSR count). The highest BCUT2D eigenvalue weighted by molar-refractivity contribution is 6.31. The number of halogens is 1. The van der Waals surface area contributed by atoms with Gasteiger partial charge in [-0.3, -0.25) is 9.78 Å². The third kappa shape index (κ3) is 3.03. The predicted octanol–water partition coefficient (Wildman–Crippen LogP) is 3.50. The minimum atomic E-state index is -0.502. The van der Waals surface area contributed by atoms with Crippen LogP contribution in [0.25, 0.3) is 10.8 Å². The van der Waals surface area contributed by atoms with E-state index in [0.29, 0.717) is 39.3 Å². The monoisotopic (exact) mass is 356 g/mol. The number of esters is 1. The molecule has 0 amide bonds. The van der Waals surface area contributed by atoms with E-state index in [9.17, 15) is 9.59 Å². The van der Waals surface area contributed by atoms with Gasteiger partial charge in [-0.05, 0) is 31.5 Å². The second kappa shape index (κ2) is 6.69. The van der Waals surface area contributed by atoms with Crippen LogP contribution >= 0.6 is 11.6 Å². The lowest BCUT2D eigenvalue weighted by molar-refractivity contribution is 0.0601. The number of hydrogen-bond donors (Lipinski definition) is 0. The SMILES string of the molecule is COC(=O)c1c(C)nc(C)c2c(=O)n(Cc3ccccc3Cl)ccc12. The molecule has 1 aromatic carbocycles. The third-order valence-electron chi connectivity index (χ3n) is 4.18. The third-order valence-corrected chi connectivity index (χ3v) is 4.55. The first-order chi connectivity index (χ1) is 11.9. The molecule has 6 heteroatoms. The summed E-state index contributed by atoms with van der Waals surface area (Å²) in [5.74, 6) is -0.502. The fourth-order valence-electron chi connectivity index (χ4n) is 2.98. The van der Waals surface area contributed by atoms with Crippen molar-refractivity contribution in [3.8, 4) is 0 Å². The minimum Gasteiger partial charge on any atom is -0.465 e. The zero-order valence-corrected chi connectivity index (χ0v) is 14.9. The summed E-state index contributed by atoms with van der Waals surface area (Å²) < 4.78 is 6.41. The number of rotatable bonds is 3. The summed E-state index contributed by atoms with van der Waals surface area (Å²) in [7, 11) is 1.31. The molecule has 0 aliphatic heterocycles. The lowest BCUT2D eigenvalue weighted by Crippen LogP contribution is -2.22. The lowest BCUT2D eigenvalue weighted by Gasteiger charge is -2.13. The van der Waals surface area contributed by atoms with Crippen LogP contribution in [0.1, 0.15) is 27.3 Å². The summed E-state index contributed by atoms with van der Waals surface area (Å²) >= 11 is 6.19. The number of nitrogens with zero attached hydrogens (tertiary/aromatic N) is 2. The quantitative estimate of drug-likeness (QED) is 0.674. The van der Waals surface area contributed by atoms with Crippen molar-refractivity contribution in [3.63, 3.8) is 0 Å². The molecule has 0 radical (unpaired) electrons. The molecule has 3 aromatic rings. The van der Waals surface area contributed by atoms with Gasteiger partial charge in [0.1, 0.15) is 0 Å². The van der Waals surface area contributed by atoms with Crippen molar-refractivity contribution < 1.29 is 9.53 Å². The van der Waals surface area contributed by atoms with Gasteiger partial charge in [0.05, 0.1) is 36.0 Å². The molecule has 25 heavy (non-hydrogen) atoms. The Bertz CT molecular complexity index is 1040. The van der Waals surface area contributed by atoms with Crippen LogP contribution in [-0.2, 0) is 11.3 Å². The highest BCUT2D eigenvalue weighted by Crippen LogP contribution is 2.22. The van der Waals surface area contributed by atoms with E-state index in [2.05, 4.69) is 4.98 Å². The van der Waals surface area contributed by atoms with Crippen LogP contribution < -0.4 is 5.56 Å². The topological polar surface area (TPSA) is 61.2 Å². The van der Waals surface area contributed by atoms with E-state index in [4.69, 9.17) is 16.3 Å². The number of fused-ring (bicyclic) bond motifs is 1. The van der Waals surface area contributed by atoms with Gasteiger partial charge < -0.3 is 9.30 Å². The maximum absolute atomic E-state index is 13.0. The molecule has 0 aliphatic carbocycles. The number of carbonyl (C=O) groups excluding carboxylic acids is 1. The van der Waals surface area contributed by atoms with Crippen LogP contribution in [-0.4, -0.2) is 22.6 Å². The lowest BCUT2D eigenvalue weighted by atomic mass is 10.0. The average Bonchev–Trinajstić information content (AvgIpc) is 2.58. The standard InChI is InChI=1S/C19H17ClN2O3/c1-11-16-14(17(12(2)21-11)19(24)25-3)8-9-22(18(16)23)10-13-6-4-5-7-15(13)20/h4-9H,10H2,1-3H3. The van der Waals surface area contributed by atoms with Gasteiger partial charge in [-0.15, -0.1) is 0 Å². The van der Waals surface area contributed by atoms with Crippen LogP contribution in [0.5, 0.6) is 0 Å². The molecule has 2 heterocycles. The van der Waals surface area contributed by atoms with E-state index in [1.165, 1.54) is 7.11 Å². The summed E-state index contributed by atoms with van der Waals surface area (Å²) in [4.78, 5) is 29.4. The highest BCUT2D eigenvalue weighted by atomic mass is 35.5. The van der Waals surface area contributed by atoms with E-state index in [-0.39, 0.29) is 5.56 Å². The van der Waals surface area contributed by atoms with Crippen molar-refractivity contribution in [1.82, 2.24) is 9.55 Å². The number of aromatic nitrogens is 2. The van der Waals surface area contributed by atoms with Crippen LogP contribution in [0.4, 0.5) is 0 Å².